The highest BCUT2D eigenvalue weighted by Gasteiger charge is 2.27. The standard InChI is InChI=1S/C46H27N3S/c1-2-12-33-28(9-1)21-25-36-35-15-7-10-29-11-8-17-40(43(29)35)49(45(33)36)32-23-19-30(20-24-32)46-47-39-16-5-3-14-37(39)44(48-46)31-22-26-42-38(27-31)34-13-4-6-18-41(34)50-42/h1-27H. The molecular formula is C46H27N3S. The van der Waals surface area contributed by atoms with Gasteiger partial charge in [-0.05, 0) is 70.9 Å². The van der Waals surface area contributed by atoms with Crippen LogP contribution in [0.15, 0.2) is 164 Å². The predicted octanol–water partition coefficient (Wildman–Crippen LogP) is 13.1. The number of anilines is 3. The van der Waals surface area contributed by atoms with E-state index in [0.717, 1.165) is 39.2 Å². The Kier molecular flexibility index (Phi) is 5.83. The van der Waals surface area contributed by atoms with Crippen molar-refractivity contribution in [1.29, 1.82) is 0 Å². The average Bonchev–Trinajstić information content (AvgIpc) is 3.56. The van der Waals surface area contributed by atoms with E-state index >= 15 is 0 Å². The molecule has 0 amide bonds. The molecule has 4 heteroatoms. The van der Waals surface area contributed by atoms with Crippen molar-refractivity contribution in [3.05, 3.63) is 164 Å². The van der Waals surface area contributed by atoms with Crippen molar-refractivity contribution in [3.8, 4) is 33.8 Å². The second-order valence-electron chi connectivity index (χ2n) is 13.0. The lowest BCUT2D eigenvalue weighted by molar-refractivity contribution is 1.23. The number of para-hydroxylation sites is 1. The summed E-state index contributed by atoms with van der Waals surface area (Å²) in [4.78, 5) is 12.8. The highest BCUT2D eigenvalue weighted by Crippen LogP contribution is 2.53. The van der Waals surface area contributed by atoms with Gasteiger partial charge in [0.1, 0.15) is 0 Å². The smallest absolute Gasteiger partial charge is 0.160 e. The minimum atomic E-state index is 0.720. The fraction of sp³-hybridized carbons (Fsp3) is 0. The van der Waals surface area contributed by atoms with Gasteiger partial charge in [0.2, 0.25) is 0 Å². The molecule has 0 atom stereocenters. The van der Waals surface area contributed by atoms with Gasteiger partial charge in [-0.25, -0.2) is 9.97 Å². The molecule has 8 aromatic carbocycles. The van der Waals surface area contributed by atoms with E-state index in [2.05, 4.69) is 169 Å². The summed E-state index contributed by atoms with van der Waals surface area (Å²) < 4.78 is 2.59. The van der Waals surface area contributed by atoms with Crippen LogP contribution in [0.3, 0.4) is 0 Å². The largest absolute Gasteiger partial charge is 0.309 e. The molecule has 50 heavy (non-hydrogen) atoms. The van der Waals surface area contributed by atoms with Crippen molar-refractivity contribution < 1.29 is 0 Å². The monoisotopic (exact) mass is 653 g/mol. The predicted molar refractivity (Wildman–Crippen MR) is 212 cm³/mol. The first-order valence-corrected chi connectivity index (χ1v) is 17.7. The summed E-state index contributed by atoms with van der Waals surface area (Å²) in [5.74, 6) is 0.720. The molecule has 3 heterocycles. The summed E-state index contributed by atoms with van der Waals surface area (Å²) in [6.07, 6.45) is 0. The molecule has 0 N–H and O–H groups in total. The van der Waals surface area contributed by atoms with E-state index in [-0.39, 0.29) is 0 Å². The number of benzene rings is 8. The molecule has 0 radical (unpaired) electrons. The number of thiophene rings is 1. The Morgan fingerprint density at radius 1 is 0.460 bits per heavy atom. The molecule has 0 spiro atoms. The van der Waals surface area contributed by atoms with Gasteiger partial charge in [-0.3, -0.25) is 0 Å². The molecule has 0 fully saturated rings. The fourth-order valence-corrected chi connectivity index (χ4v) is 8.98. The Morgan fingerprint density at radius 2 is 1.18 bits per heavy atom. The molecule has 1 aliphatic heterocycles. The third-order valence-electron chi connectivity index (χ3n) is 10.2. The SMILES string of the molecule is c1ccc2c3c(ccc2c1)-c1cccc2cccc(c12)N3c1ccc(-c2nc(-c3ccc4sc5ccccc5c4c3)c3ccccc3n2)cc1. The molecule has 11 rings (SSSR count). The Labute approximate surface area is 292 Å². The third-order valence-corrected chi connectivity index (χ3v) is 11.3. The lowest BCUT2D eigenvalue weighted by Crippen LogP contribution is -2.15. The molecule has 2 aromatic heterocycles. The molecule has 0 unspecified atom stereocenters. The highest BCUT2D eigenvalue weighted by atomic mass is 32.1. The van der Waals surface area contributed by atoms with Gasteiger partial charge in [-0.15, -0.1) is 11.3 Å². The maximum Gasteiger partial charge on any atom is 0.160 e. The lowest BCUT2D eigenvalue weighted by Gasteiger charge is -2.34. The number of hydrogen-bond acceptors (Lipinski definition) is 4. The van der Waals surface area contributed by atoms with Crippen LogP contribution in [-0.2, 0) is 0 Å². The molecule has 0 saturated heterocycles. The van der Waals surface area contributed by atoms with Crippen LogP contribution in [0.25, 0.3) is 86.4 Å². The Hall–Kier alpha value is -6.36. The first-order chi connectivity index (χ1) is 24.8. The first-order valence-electron chi connectivity index (χ1n) is 16.9. The second kappa shape index (κ2) is 10.6. The van der Waals surface area contributed by atoms with E-state index in [4.69, 9.17) is 9.97 Å². The highest BCUT2D eigenvalue weighted by molar-refractivity contribution is 7.25. The number of nitrogens with zero attached hydrogens (tertiary/aromatic N) is 3. The van der Waals surface area contributed by atoms with E-state index in [9.17, 15) is 0 Å². The summed E-state index contributed by atoms with van der Waals surface area (Å²) in [6.45, 7) is 0. The molecule has 10 aromatic rings. The van der Waals surface area contributed by atoms with Gasteiger partial charge in [0.25, 0.3) is 0 Å². The van der Waals surface area contributed by atoms with Gasteiger partial charge in [-0.2, -0.15) is 0 Å². The zero-order chi connectivity index (χ0) is 32.8. The van der Waals surface area contributed by atoms with Gasteiger partial charge in [0.05, 0.1) is 22.6 Å². The molecular weight excluding hydrogens is 627 g/mol. The second-order valence-corrected chi connectivity index (χ2v) is 14.1. The summed E-state index contributed by atoms with van der Waals surface area (Å²) in [5.41, 5.74) is 9.99. The molecule has 232 valence electrons. The van der Waals surface area contributed by atoms with Crippen LogP contribution in [-0.4, -0.2) is 9.97 Å². The Morgan fingerprint density at radius 3 is 2.08 bits per heavy atom. The van der Waals surface area contributed by atoms with E-state index < -0.39 is 0 Å². The maximum atomic E-state index is 5.27. The first kappa shape index (κ1) is 27.6. The maximum absolute atomic E-state index is 5.27. The van der Waals surface area contributed by atoms with Gasteiger partial charge in [0, 0.05) is 58.7 Å². The van der Waals surface area contributed by atoms with E-state index in [1.54, 1.807) is 0 Å². The Bertz CT molecular complexity index is 2990. The van der Waals surface area contributed by atoms with Crippen molar-refractivity contribution in [2.75, 3.05) is 4.90 Å². The third kappa shape index (κ3) is 4.03. The number of hydrogen-bond donors (Lipinski definition) is 0. The fourth-order valence-electron chi connectivity index (χ4n) is 7.89. The van der Waals surface area contributed by atoms with Gasteiger partial charge in [0.15, 0.2) is 5.82 Å². The van der Waals surface area contributed by atoms with Crippen molar-refractivity contribution >= 4 is 81.0 Å². The van der Waals surface area contributed by atoms with Gasteiger partial charge in [-0.1, -0.05) is 109 Å². The van der Waals surface area contributed by atoms with Crippen molar-refractivity contribution in [3.63, 3.8) is 0 Å². The molecule has 0 aliphatic carbocycles. The molecule has 3 nitrogen and oxygen atoms in total. The summed E-state index contributed by atoms with van der Waals surface area (Å²) in [6, 6.07) is 59.0. The summed E-state index contributed by atoms with van der Waals surface area (Å²) in [7, 11) is 0. The van der Waals surface area contributed by atoms with Crippen molar-refractivity contribution in [1.82, 2.24) is 9.97 Å². The Balaban J connectivity index is 1.08. The van der Waals surface area contributed by atoms with Crippen LogP contribution < -0.4 is 4.90 Å². The zero-order valence-electron chi connectivity index (χ0n) is 26.8. The number of aromatic nitrogens is 2. The van der Waals surface area contributed by atoms with E-state index in [1.165, 1.54) is 64.2 Å². The van der Waals surface area contributed by atoms with Crippen LogP contribution >= 0.6 is 11.3 Å². The van der Waals surface area contributed by atoms with Crippen LogP contribution in [0.1, 0.15) is 0 Å². The van der Waals surface area contributed by atoms with Gasteiger partial charge < -0.3 is 4.90 Å². The minimum absolute atomic E-state index is 0.720. The molecule has 0 saturated carbocycles. The number of fused-ring (bicyclic) bond motifs is 8. The molecule has 1 aliphatic rings. The minimum Gasteiger partial charge on any atom is -0.309 e. The number of rotatable bonds is 3. The van der Waals surface area contributed by atoms with Crippen LogP contribution in [0.5, 0.6) is 0 Å². The summed E-state index contributed by atoms with van der Waals surface area (Å²) in [5, 5.41) is 8.58. The van der Waals surface area contributed by atoms with Gasteiger partial charge >= 0.3 is 0 Å². The van der Waals surface area contributed by atoms with Crippen molar-refractivity contribution in [2.24, 2.45) is 0 Å². The topological polar surface area (TPSA) is 29.0 Å². The summed E-state index contributed by atoms with van der Waals surface area (Å²) >= 11 is 1.84. The average molecular weight is 654 g/mol. The van der Waals surface area contributed by atoms with E-state index in [1.807, 2.05) is 11.3 Å². The van der Waals surface area contributed by atoms with Crippen LogP contribution in [0.4, 0.5) is 17.1 Å². The van der Waals surface area contributed by atoms with Crippen molar-refractivity contribution in [2.45, 2.75) is 0 Å². The lowest BCUT2D eigenvalue weighted by atomic mass is 9.88. The quantitative estimate of drug-likeness (QED) is 0.190. The van der Waals surface area contributed by atoms with Crippen LogP contribution in [0.2, 0.25) is 0 Å². The van der Waals surface area contributed by atoms with E-state index in [0.29, 0.717) is 0 Å². The van der Waals surface area contributed by atoms with Crippen LogP contribution in [0, 0.1) is 0 Å². The molecule has 0 bridgehead atoms. The normalized spacial score (nSPS) is 12.4. The zero-order valence-corrected chi connectivity index (χ0v) is 27.7.